The van der Waals surface area contributed by atoms with Gasteiger partial charge in [-0.1, -0.05) is 17.8 Å². The quantitative estimate of drug-likeness (QED) is 0.467. The molecule has 9 nitrogen and oxygen atoms in total. The summed E-state index contributed by atoms with van der Waals surface area (Å²) in [7, 11) is -1.82. The Morgan fingerprint density at radius 2 is 1.73 bits per heavy atom. The third-order valence-electron chi connectivity index (χ3n) is 7.01. The number of carbonyl (C=O) groups excluding carboxylic acids is 1. The Kier molecular flexibility index (Phi) is 7.94. The van der Waals surface area contributed by atoms with Crippen molar-refractivity contribution in [3.8, 4) is 5.75 Å². The molecular formula is C26H33N5O4S2. The maximum absolute atomic E-state index is 12.8. The van der Waals surface area contributed by atoms with Gasteiger partial charge in [-0.05, 0) is 55.3 Å². The molecule has 2 saturated heterocycles. The summed E-state index contributed by atoms with van der Waals surface area (Å²) in [6.45, 7) is 6.00. The van der Waals surface area contributed by atoms with Crippen LogP contribution in [0.25, 0.3) is 10.2 Å². The SMILES string of the molecule is COc1ccc2nc(N3CCN(CCNC(=O)c4ccc(S(=O)(=O)N5CCCCC5)cc4)CC3)sc2c1. The van der Waals surface area contributed by atoms with Crippen LogP contribution in [0.1, 0.15) is 29.6 Å². The first-order valence-electron chi connectivity index (χ1n) is 12.7. The molecule has 1 N–H and O–H groups in total. The van der Waals surface area contributed by atoms with E-state index in [1.807, 2.05) is 18.2 Å². The monoisotopic (exact) mass is 543 g/mol. The van der Waals surface area contributed by atoms with Gasteiger partial charge in [0.15, 0.2) is 5.13 Å². The zero-order valence-electron chi connectivity index (χ0n) is 21.1. The Morgan fingerprint density at radius 3 is 2.43 bits per heavy atom. The van der Waals surface area contributed by atoms with Gasteiger partial charge in [0, 0.05) is 57.9 Å². The molecule has 2 aromatic carbocycles. The van der Waals surface area contributed by atoms with Crippen LogP contribution in [-0.4, -0.2) is 88.0 Å². The van der Waals surface area contributed by atoms with Crippen molar-refractivity contribution in [2.24, 2.45) is 0 Å². The van der Waals surface area contributed by atoms with E-state index in [1.165, 1.54) is 12.1 Å². The van der Waals surface area contributed by atoms with Gasteiger partial charge >= 0.3 is 0 Å². The predicted octanol–water partition coefficient (Wildman–Crippen LogP) is 3.03. The molecule has 0 radical (unpaired) electrons. The number of piperidine rings is 1. The fourth-order valence-corrected chi connectivity index (χ4v) is 7.34. The molecule has 5 rings (SSSR count). The number of thiazole rings is 1. The van der Waals surface area contributed by atoms with Crippen LogP contribution < -0.4 is 15.0 Å². The van der Waals surface area contributed by atoms with Gasteiger partial charge in [0.2, 0.25) is 10.0 Å². The Labute approximate surface area is 222 Å². The zero-order chi connectivity index (χ0) is 25.8. The first kappa shape index (κ1) is 25.9. The summed E-state index contributed by atoms with van der Waals surface area (Å²) in [4.78, 5) is 22.3. The normalized spacial score (nSPS) is 17.7. The van der Waals surface area contributed by atoms with Crippen molar-refractivity contribution in [1.29, 1.82) is 0 Å². The van der Waals surface area contributed by atoms with Gasteiger partial charge in [0.1, 0.15) is 5.75 Å². The third-order valence-corrected chi connectivity index (χ3v) is 10.0. The van der Waals surface area contributed by atoms with Crippen LogP contribution in [0, 0.1) is 0 Å². The molecule has 3 heterocycles. The van der Waals surface area contributed by atoms with Crippen LogP contribution >= 0.6 is 11.3 Å². The Balaban J connectivity index is 1.08. The number of benzene rings is 2. The molecular weight excluding hydrogens is 510 g/mol. The molecule has 0 unspecified atom stereocenters. The molecule has 0 atom stereocenters. The molecule has 0 aliphatic carbocycles. The van der Waals surface area contributed by atoms with Crippen LogP contribution in [0.15, 0.2) is 47.4 Å². The minimum Gasteiger partial charge on any atom is -0.497 e. The summed E-state index contributed by atoms with van der Waals surface area (Å²) in [5.74, 6) is 0.651. The van der Waals surface area contributed by atoms with Crippen LogP contribution in [0.2, 0.25) is 0 Å². The standard InChI is InChI=1S/C26H33N5O4S2/c1-35-21-7-10-23-24(19-21)36-26(28-23)30-17-15-29(16-18-30)14-11-27-25(32)20-5-8-22(9-6-20)37(33,34)31-12-3-2-4-13-31/h5-10,19H,2-4,11-18H2,1H3,(H,27,32). The van der Waals surface area contributed by atoms with E-state index in [2.05, 4.69) is 15.1 Å². The highest BCUT2D eigenvalue weighted by Crippen LogP contribution is 2.31. The Bertz CT molecular complexity index is 1330. The maximum Gasteiger partial charge on any atom is 0.251 e. The lowest BCUT2D eigenvalue weighted by atomic mass is 10.2. The second-order valence-electron chi connectivity index (χ2n) is 9.40. The van der Waals surface area contributed by atoms with Crippen molar-refractivity contribution >= 4 is 42.6 Å². The van der Waals surface area contributed by atoms with E-state index < -0.39 is 10.0 Å². The second-order valence-corrected chi connectivity index (χ2v) is 12.4. The van der Waals surface area contributed by atoms with Crippen molar-refractivity contribution in [2.45, 2.75) is 24.2 Å². The number of fused-ring (bicyclic) bond motifs is 1. The minimum atomic E-state index is -3.49. The van der Waals surface area contributed by atoms with Crippen LogP contribution in [0.4, 0.5) is 5.13 Å². The molecule has 2 aliphatic heterocycles. The third kappa shape index (κ3) is 5.90. The highest BCUT2D eigenvalue weighted by molar-refractivity contribution is 7.89. The molecule has 1 amide bonds. The molecule has 0 bridgehead atoms. The number of nitrogens with one attached hydrogen (secondary N) is 1. The second kappa shape index (κ2) is 11.3. The molecule has 1 aromatic heterocycles. The predicted molar refractivity (Wildman–Crippen MR) is 146 cm³/mol. The van der Waals surface area contributed by atoms with Crippen molar-refractivity contribution < 1.29 is 17.9 Å². The number of aromatic nitrogens is 1. The number of hydrogen-bond acceptors (Lipinski definition) is 8. The Morgan fingerprint density at radius 1 is 1.00 bits per heavy atom. The number of methoxy groups -OCH3 is 1. The number of sulfonamides is 1. The van der Waals surface area contributed by atoms with Gasteiger partial charge in [-0.15, -0.1) is 0 Å². The van der Waals surface area contributed by atoms with E-state index in [0.717, 1.165) is 73.1 Å². The van der Waals surface area contributed by atoms with Crippen molar-refractivity contribution in [3.63, 3.8) is 0 Å². The van der Waals surface area contributed by atoms with Crippen LogP contribution in [0.3, 0.4) is 0 Å². The number of rotatable bonds is 8. The van der Waals surface area contributed by atoms with Crippen molar-refractivity contribution in [1.82, 2.24) is 19.5 Å². The van der Waals surface area contributed by atoms with Gasteiger partial charge in [-0.2, -0.15) is 4.31 Å². The average Bonchev–Trinajstić information content (AvgIpc) is 3.37. The number of ether oxygens (including phenoxy) is 1. The first-order valence-corrected chi connectivity index (χ1v) is 15.0. The number of anilines is 1. The molecule has 11 heteroatoms. The van der Waals surface area contributed by atoms with E-state index in [4.69, 9.17) is 9.72 Å². The smallest absolute Gasteiger partial charge is 0.251 e. The zero-order valence-corrected chi connectivity index (χ0v) is 22.7. The van der Waals surface area contributed by atoms with Crippen LogP contribution in [-0.2, 0) is 10.0 Å². The van der Waals surface area contributed by atoms with Crippen molar-refractivity contribution in [3.05, 3.63) is 48.0 Å². The fraction of sp³-hybridized carbons (Fsp3) is 0.462. The molecule has 3 aromatic rings. The van der Waals surface area contributed by atoms with E-state index in [-0.39, 0.29) is 10.8 Å². The van der Waals surface area contributed by atoms with E-state index in [9.17, 15) is 13.2 Å². The summed E-state index contributed by atoms with van der Waals surface area (Å²) in [6.07, 6.45) is 2.86. The lowest BCUT2D eigenvalue weighted by molar-refractivity contribution is 0.0947. The summed E-state index contributed by atoms with van der Waals surface area (Å²) in [5.41, 5.74) is 1.46. The highest BCUT2D eigenvalue weighted by Gasteiger charge is 2.26. The number of nitrogens with zero attached hydrogens (tertiary/aromatic N) is 4. The molecule has 0 spiro atoms. The number of carbonyl (C=O) groups is 1. The maximum atomic E-state index is 12.8. The summed E-state index contributed by atoms with van der Waals surface area (Å²) in [6, 6.07) is 12.2. The average molecular weight is 544 g/mol. The summed E-state index contributed by atoms with van der Waals surface area (Å²) >= 11 is 1.68. The largest absolute Gasteiger partial charge is 0.497 e. The Hall–Kier alpha value is -2.73. The lowest BCUT2D eigenvalue weighted by Crippen LogP contribution is -2.48. The summed E-state index contributed by atoms with van der Waals surface area (Å²) < 4.78 is 33.6. The van der Waals surface area contributed by atoms with Gasteiger partial charge in [-0.25, -0.2) is 13.4 Å². The highest BCUT2D eigenvalue weighted by atomic mass is 32.2. The van der Waals surface area contributed by atoms with Gasteiger partial charge in [-0.3, -0.25) is 9.69 Å². The fourth-order valence-electron chi connectivity index (χ4n) is 4.78. The van der Waals surface area contributed by atoms with E-state index in [0.29, 0.717) is 25.2 Å². The number of amides is 1. The summed E-state index contributed by atoms with van der Waals surface area (Å²) in [5, 5.41) is 3.99. The molecule has 37 heavy (non-hydrogen) atoms. The minimum absolute atomic E-state index is 0.189. The molecule has 2 aliphatic rings. The molecule has 2 fully saturated rings. The van der Waals surface area contributed by atoms with E-state index >= 15 is 0 Å². The topological polar surface area (TPSA) is 95.1 Å². The lowest BCUT2D eigenvalue weighted by Gasteiger charge is -2.34. The van der Waals surface area contributed by atoms with Gasteiger partial charge in [0.25, 0.3) is 5.91 Å². The van der Waals surface area contributed by atoms with Crippen molar-refractivity contribution in [2.75, 3.05) is 64.4 Å². The van der Waals surface area contributed by atoms with Gasteiger partial charge in [0.05, 0.1) is 22.2 Å². The molecule has 0 saturated carbocycles. The molecule has 198 valence electrons. The first-order chi connectivity index (χ1) is 17.9. The van der Waals surface area contributed by atoms with Gasteiger partial charge < -0.3 is 15.0 Å². The van der Waals surface area contributed by atoms with E-state index in [1.54, 1.807) is 34.9 Å². The number of hydrogen-bond donors (Lipinski definition) is 1. The number of piperazine rings is 1. The van der Waals surface area contributed by atoms with Crippen LogP contribution in [0.5, 0.6) is 5.75 Å².